The molecule has 2 aliphatic heterocycles. The van der Waals surface area contributed by atoms with Crippen LogP contribution in [0.4, 0.5) is 0 Å². The van der Waals surface area contributed by atoms with Gasteiger partial charge in [0.25, 0.3) is 0 Å². The summed E-state index contributed by atoms with van der Waals surface area (Å²) in [4.78, 5) is 17.3. The molecule has 0 aromatic heterocycles. The van der Waals surface area contributed by atoms with E-state index in [0.717, 1.165) is 57.0 Å². The van der Waals surface area contributed by atoms with Gasteiger partial charge in [0.15, 0.2) is 0 Å². The molecule has 2 saturated heterocycles. The van der Waals surface area contributed by atoms with E-state index in [9.17, 15) is 9.90 Å². The first-order valence-electron chi connectivity index (χ1n) is 14.9. The molecule has 4 heteroatoms. The molecule has 0 spiro atoms. The molecule has 3 atom stereocenters. The van der Waals surface area contributed by atoms with Crippen LogP contribution in [0.25, 0.3) is 0 Å². The van der Waals surface area contributed by atoms with Crippen LogP contribution in [0.15, 0.2) is 54.6 Å². The lowest BCUT2D eigenvalue weighted by atomic mass is 9.80. The minimum Gasteiger partial charge on any atom is -0.480 e. The molecule has 1 N–H and O–H groups in total. The standard InChI is InChI=1S/C34H44N2O2/c1-2-28-13-6-7-14-29(28)17-9-10-26-18-20-35(21-19-26)23-31-24-36(25-32(31)30-15-4-3-5-16-30)33(34(37)38)22-27-11-8-12-27/h1,3-7,13-16,26-27,31-33H,8-12,17-25H2,(H,37,38)/t31-,32+,33+/m0/s1. The first-order valence-corrected chi connectivity index (χ1v) is 14.9. The van der Waals surface area contributed by atoms with Crippen LogP contribution in [-0.4, -0.2) is 59.6 Å². The predicted molar refractivity (Wildman–Crippen MR) is 154 cm³/mol. The lowest BCUT2D eigenvalue weighted by Crippen LogP contribution is -2.43. The quantitative estimate of drug-likeness (QED) is 0.372. The van der Waals surface area contributed by atoms with Gasteiger partial charge in [-0.3, -0.25) is 9.69 Å². The second kappa shape index (κ2) is 13.0. The number of hydrogen-bond donors (Lipinski definition) is 1. The predicted octanol–water partition coefficient (Wildman–Crippen LogP) is 6.06. The van der Waals surface area contributed by atoms with Gasteiger partial charge < -0.3 is 10.0 Å². The molecule has 1 saturated carbocycles. The zero-order chi connectivity index (χ0) is 26.3. The van der Waals surface area contributed by atoms with Crippen molar-refractivity contribution in [3.63, 3.8) is 0 Å². The molecule has 0 unspecified atom stereocenters. The molecule has 0 bridgehead atoms. The van der Waals surface area contributed by atoms with Crippen molar-refractivity contribution < 1.29 is 9.90 Å². The van der Waals surface area contributed by atoms with E-state index in [1.54, 1.807) is 0 Å². The monoisotopic (exact) mass is 512 g/mol. The maximum atomic E-state index is 12.3. The summed E-state index contributed by atoms with van der Waals surface area (Å²) >= 11 is 0. The molecule has 38 heavy (non-hydrogen) atoms. The number of terminal acetylenes is 1. The number of carboxylic acids is 1. The highest BCUT2D eigenvalue weighted by atomic mass is 16.4. The maximum Gasteiger partial charge on any atom is 0.320 e. The molecule has 202 valence electrons. The number of hydrogen-bond acceptors (Lipinski definition) is 3. The minimum atomic E-state index is -0.630. The van der Waals surface area contributed by atoms with E-state index in [2.05, 4.69) is 58.2 Å². The van der Waals surface area contributed by atoms with Gasteiger partial charge in [-0.15, -0.1) is 6.42 Å². The van der Waals surface area contributed by atoms with Crippen molar-refractivity contribution in [3.05, 3.63) is 71.3 Å². The van der Waals surface area contributed by atoms with E-state index in [0.29, 0.717) is 17.8 Å². The molecule has 1 aliphatic carbocycles. The second-order valence-corrected chi connectivity index (χ2v) is 12.1. The van der Waals surface area contributed by atoms with Gasteiger partial charge in [-0.2, -0.15) is 0 Å². The highest BCUT2D eigenvalue weighted by Crippen LogP contribution is 2.38. The van der Waals surface area contributed by atoms with Crippen LogP contribution in [0.5, 0.6) is 0 Å². The molecule has 2 aromatic rings. The third-order valence-corrected chi connectivity index (χ3v) is 9.64. The summed E-state index contributed by atoms with van der Waals surface area (Å²) in [5.41, 5.74) is 3.72. The Kier molecular flexibility index (Phi) is 9.20. The summed E-state index contributed by atoms with van der Waals surface area (Å²) < 4.78 is 0. The van der Waals surface area contributed by atoms with Crippen molar-refractivity contribution in [1.29, 1.82) is 0 Å². The Bertz CT molecular complexity index is 1080. The Balaban J connectivity index is 1.15. The first-order chi connectivity index (χ1) is 18.6. The zero-order valence-electron chi connectivity index (χ0n) is 22.8. The van der Waals surface area contributed by atoms with Gasteiger partial charge in [0.2, 0.25) is 0 Å². The zero-order valence-corrected chi connectivity index (χ0v) is 22.8. The van der Waals surface area contributed by atoms with Gasteiger partial charge in [-0.05, 0) is 80.1 Å². The number of aryl methyl sites for hydroxylation is 1. The van der Waals surface area contributed by atoms with Crippen LogP contribution in [-0.2, 0) is 11.2 Å². The van der Waals surface area contributed by atoms with Crippen LogP contribution in [0.3, 0.4) is 0 Å². The van der Waals surface area contributed by atoms with E-state index >= 15 is 0 Å². The third kappa shape index (κ3) is 6.68. The highest BCUT2D eigenvalue weighted by molar-refractivity contribution is 5.73. The minimum absolute atomic E-state index is 0.332. The SMILES string of the molecule is C#Cc1ccccc1CCCC1CCN(C[C@H]2CN([C@H](CC3CCC3)C(=O)O)C[C@@H]2c2ccccc2)CC1. The van der Waals surface area contributed by atoms with Crippen molar-refractivity contribution in [2.45, 2.75) is 69.7 Å². The summed E-state index contributed by atoms with van der Waals surface area (Å²) in [6, 6.07) is 18.8. The third-order valence-electron chi connectivity index (χ3n) is 9.64. The number of rotatable bonds is 11. The average molecular weight is 513 g/mol. The number of piperidine rings is 1. The summed E-state index contributed by atoms with van der Waals surface area (Å²) in [7, 11) is 0. The maximum absolute atomic E-state index is 12.3. The van der Waals surface area contributed by atoms with E-state index in [1.807, 2.05) is 12.1 Å². The number of nitrogens with zero attached hydrogens (tertiary/aromatic N) is 2. The number of carboxylic acid groups (broad SMARTS) is 1. The van der Waals surface area contributed by atoms with E-state index < -0.39 is 5.97 Å². The summed E-state index contributed by atoms with van der Waals surface area (Å²) in [5, 5.41) is 10.1. The molecule has 2 heterocycles. The molecule has 3 aliphatic rings. The van der Waals surface area contributed by atoms with Crippen LogP contribution >= 0.6 is 0 Å². The van der Waals surface area contributed by atoms with Gasteiger partial charge in [0.05, 0.1) is 0 Å². The lowest BCUT2D eigenvalue weighted by molar-refractivity contribution is -0.144. The van der Waals surface area contributed by atoms with Crippen molar-refractivity contribution in [2.75, 3.05) is 32.7 Å². The fourth-order valence-electron chi connectivity index (χ4n) is 7.12. The van der Waals surface area contributed by atoms with Gasteiger partial charge in [0.1, 0.15) is 6.04 Å². The van der Waals surface area contributed by atoms with E-state index in [4.69, 9.17) is 6.42 Å². The molecule has 0 radical (unpaired) electrons. The first kappa shape index (κ1) is 27.0. The van der Waals surface area contributed by atoms with Crippen LogP contribution in [0.1, 0.15) is 74.0 Å². The average Bonchev–Trinajstić information content (AvgIpc) is 3.32. The van der Waals surface area contributed by atoms with Crippen molar-refractivity contribution >= 4 is 5.97 Å². The van der Waals surface area contributed by atoms with Gasteiger partial charge in [0, 0.05) is 31.1 Å². The Labute approximate surface area is 229 Å². The smallest absolute Gasteiger partial charge is 0.320 e. The Hall–Kier alpha value is -2.61. The molecule has 3 fully saturated rings. The van der Waals surface area contributed by atoms with Gasteiger partial charge >= 0.3 is 5.97 Å². The van der Waals surface area contributed by atoms with Gasteiger partial charge in [-0.25, -0.2) is 0 Å². The molecular weight excluding hydrogens is 468 g/mol. The fourth-order valence-corrected chi connectivity index (χ4v) is 7.12. The topological polar surface area (TPSA) is 43.8 Å². The van der Waals surface area contributed by atoms with Crippen molar-refractivity contribution in [1.82, 2.24) is 9.80 Å². The number of likely N-dealkylation sites (tertiary alicyclic amines) is 2. The summed E-state index contributed by atoms with van der Waals surface area (Å²) in [5.74, 6) is 4.49. The Morgan fingerprint density at radius 2 is 1.71 bits per heavy atom. The lowest BCUT2D eigenvalue weighted by Gasteiger charge is -2.35. The van der Waals surface area contributed by atoms with E-state index in [-0.39, 0.29) is 6.04 Å². The second-order valence-electron chi connectivity index (χ2n) is 12.1. The molecule has 5 rings (SSSR count). The van der Waals surface area contributed by atoms with Crippen molar-refractivity contribution in [2.24, 2.45) is 17.8 Å². The van der Waals surface area contributed by atoms with Gasteiger partial charge in [-0.1, -0.05) is 80.1 Å². The largest absolute Gasteiger partial charge is 0.480 e. The number of carbonyl (C=O) groups is 1. The van der Waals surface area contributed by atoms with Crippen LogP contribution < -0.4 is 0 Å². The van der Waals surface area contributed by atoms with Crippen LogP contribution in [0, 0.1) is 30.1 Å². The fraction of sp³-hybridized carbons (Fsp3) is 0.559. The molecule has 0 amide bonds. The number of benzene rings is 2. The van der Waals surface area contributed by atoms with Crippen molar-refractivity contribution in [3.8, 4) is 12.3 Å². The Morgan fingerprint density at radius 3 is 2.39 bits per heavy atom. The normalized spacial score (nSPS) is 24.1. The molecular formula is C34H44N2O2. The number of aliphatic carboxylic acids is 1. The molecule has 2 aromatic carbocycles. The highest BCUT2D eigenvalue weighted by Gasteiger charge is 2.41. The summed E-state index contributed by atoms with van der Waals surface area (Å²) in [6.45, 7) is 5.17. The molecule has 4 nitrogen and oxygen atoms in total. The van der Waals surface area contributed by atoms with E-state index in [1.165, 1.54) is 56.1 Å². The van der Waals surface area contributed by atoms with Crippen LogP contribution in [0.2, 0.25) is 0 Å². The summed E-state index contributed by atoms with van der Waals surface area (Å²) in [6.07, 6.45) is 16.3. The Morgan fingerprint density at radius 1 is 0.974 bits per heavy atom.